The summed E-state index contributed by atoms with van der Waals surface area (Å²) in [6, 6.07) is 7.09. The molecule has 0 aliphatic heterocycles. The zero-order valence-electron chi connectivity index (χ0n) is 10.2. The maximum Gasteiger partial charge on any atom is 0.293 e. The van der Waals surface area contributed by atoms with Gasteiger partial charge < -0.3 is 5.32 Å². The van der Waals surface area contributed by atoms with Gasteiger partial charge in [0.15, 0.2) is 0 Å². The third kappa shape index (κ3) is 2.55. The molecule has 1 heterocycles. The van der Waals surface area contributed by atoms with Crippen molar-refractivity contribution in [1.82, 2.24) is 0 Å². The summed E-state index contributed by atoms with van der Waals surface area (Å²) in [5.74, 6) is 0. The highest BCUT2D eigenvalue weighted by molar-refractivity contribution is 9.10. The summed E-state index contributed by atoms with van der Waals surface area (Å²) in [6.45, 7) is 0. The van der Waals surface area contributed by atoms with E-state index in [-0.39, 0.29) is 16.7 Å². The summed E-state index contributed by atoms with van der Waals surface area (Å²) in [7, 11) is 0. The molecular weight excluding hydrogens is 364 g/mol. The van der Waals surface area contributed by atoms with Gasteiger partial charge in [0.25, 0.3) is 5.69 Å². The third-order valence-electron chi connectivity index (χ3n) is 3.33. The Morgan fingerprint density at radius 3 is 3.00 bits per heavy atom. The molecule has 0 radical (unpaired) electrons. The maximum atomic E-state index is 11.1. The molecule has 1 aromatic carbocycles. The van der Waals surface area contributed by atoms with Crippen molar-refractivity contribution in [1.29, 1.82) is 0 Å². The standard InChI is InChI=1S/C13H10BrClN2O2S/c14-7-1-2-10(11(5-7)17(18)19)16-9-3-4-12-8(9)6-13(15)20-12/h1-2,5-6,9,16H,3-4H2. The van der Waals surface area contributed by atoms with Gasteiger partial charge in [-0.05, 0) is 36.6 Å². The van der Waals surface area contributed by atoms with Gasteiger partial charge in [-0.3, -0.25) is 10.1 Å². The number of halogens is 2. The molecule has 0 saturated carbocycles. The Hall–Kier alpha value is -1.11. The van der Waals surface area contributed by atoms with Gasteiger partial charge in [-0.2, -0.15) is 0 Å². The number of anilines is 1. The Balaban J connectivity index is 1.91. The lowest BCUT2D eigenvalue weighted by molar-refractivity contribution is -0.384. The molecule has 104 valence electrons. The van der Waals surface area contributed by atoms with Crippen molar-refractivity contribution < 1.29 is 4.92 Å². The molecule has 0 amide bonds. The predicted molar refractivity (Wildman–Crippen MR) is 84.8 cm³/mol. The van der Waals surface area contributed by atoms with E-state index in [0.29, 0.717) is 10.2 Å². The summed E-state index contributed by atoms with van der Waals surface area (Å²) >= 11 is 10.9. The number of fused-ring (bicyclic) bond motifs is 1. The second-order valence-corrected chi connectivity index (χ2v) is 7.27. The zero-order chi connectivity index (χ0) is 14.3. The van der Waals surface area contributed by atoms with Gasteiger partial charge in [0.1, 0.15) is 5.69 Å². The van der Waals surface area contributed by atoms with Gasteiger partial charge in [0.05, 0.1) is 15.3 Å². The normalized spacial score (nSPS) is 17.0. The van der Waals surface area contributed by atoms with E-state index in [9.17, 15) is 10.1 Å². The molecule has 3 rings (SSSR count). The predicted octanol–water partition coefficient (Wildman–Crippen LogP) is 5.17. The first-order valence-electron chi connectivity index (χ1n) is 6.03. The molecule has 2 aromatic rings. The molecule has 4 nitrogen and oxygen atoms in total. The van der Waals surface area contributed by atoms with E-state index in [0.717, 1.165) is 22.7 Å². The first kappa shape index (κ1) is 13.9. The molecule has 1 aliphatic carbocycles. The summed E-state index contributed by atoms with van der Waals surface area (Å²) in [4.78, 5) is 12.0. The zero-order valence-corrected chi connectivity index (χ0v) is 13.4. The van der Waals surface area contributed by atoms with Crippen molar-refractivity contribution in [2.24, 2.45) is 0 Å². The van der Waals surface area contributed by atoms with Gasteiger partial charge in [-0.25, -0.2) is 0 Å². The number of nitro groups is 1. The van der Waals surface area contributed by atoms with Crippen molar-refractivity contribution in [2.45, 2.75) is 18.9 Å². The van der Waals surface area contributed by atoms with Crippen LogP contribution in [0.4, 0.5) is 11.4 Å². The number of nitro benzene ring substituents is 1. The minimum absolute atomic E-state index is 0.0779. The minimum Gasteiger partial charge on any atom is -0.373 e. The van der Waals surface area contributed by atoms with Crippen LogP contribution < -0.4 is 5.32 Å². The van der Waals surface area contributed by atoms with Crippen LogP contribution in [-0.2, 0) is 6.42 Å². The van der Waals surface area contributed by atoms with E-state index < -0.39 is 0 Å². The molecule has 20 heavy (non-hydrogen) atoms. The Labute approximate surface area is 133 Å². The second-order valence-electron chi connectivity index (χ2n) is 4.58. The molecule has 1 unspecified atom stereocenters. The van der Waals surface area contributed by atoms with Crippen molar-refractivity contribution in [3.8, 4) is 0 Å². The first-order valence-corrected chi connectivity index (χ1v) is 8.02. The molecular formula is C13H10BrClN2O2S. The minimum atomic E-state index is -0.371. The SMILES string of the molecule is O=[N+]([O-])c1cc(Br)ccc1NC1CCc2sc(Cl)cc21. The third-order valence-corrected chi connectivity index (χ3v) is 5.17. The topological polar surface area (TPSA) is 55.2 Å². The Morgan fingerprint density at radius 2 is 2.25 bits per heavy atom. The lowest BCUT2D eigenvalue weighted by Gasteiger charge is -2.14. The number of hydrogen-bond acceptors (Lipinski definition) is 4. The summed E-state index contributed by atoms with van der Waals surface area (Å²) in [5, 5.41) is 14.4. The fraction of sp³-hybridized carbons (Fsp3) is 0.231. The van der Waals surface area contributed by atoms with Gasteiger partial charge in [0, 0.05) is 15.4 Å². The van der Waals surface area contributed by atoms with Crippen LogP contribution in [0.2, 0.25) is 4.34 Å². The molecule has 7 heteroatoms. The summed E-state index contributed by atoms with van der Waals surface area (Å²) < 4.78 is 1.47. The van der Waals surface area contributed by atoms with Gasteiger partial charge in [-0.15, -0.1) is 11.3 Å². The highest BCUT2D eigenvalue weighted by Crippen LogP contribution is 2.42. The van der Waals surface area contributed by atoms with Crippen LogP contribution in [0.3, 0.4) is 0 Å². The van der Waals surface area contributed by atoms with E-state index in [1.54, 1.807) is 23.5 Å². The summed E-state index contributed by atoms with van der Waals surface area (Å²) in [6.07, 6.45) is 1.90. The molecule has 1 N–H and O–H groups in total. The van der Waals surface area contributed by atoms with Gasteiger partial charge >= 0.3 is 0 Å². The van der Waals surface area contributed by atoms with Crippen LogP contribution in [0.1, 0.15) is 22.9 Å². The summed E-state index contributed by atoms with van der Waals surface area (Å²) in [5.41, 5.74) is 1.78. The second kappa shape index (κ2) is 5.35. The van der Waals surface area contributed by atoms with E-state index in [2.05, 4.69) is 21.2 Å². The fourth-order valence-electron chi connectivity index (χ4n) is 2.45. The lowest BCUT2D eigenvalue weighted by Crippen LogP contribution is -2.08. The Kier molecular flexibility index (Phi) is 3.70. The monoisotopic (exact) mass is 372 g/mol. The highest BCUT2D eigenvalue weighted by Gasteiger charge is 2.27. The van der Waals surface area contributed by atoms with Crippen molar-refractivity contribution in [3.63, 3.8) is 0 Å². The number of benzene rings is 1. The smallest absolute Gasteiger partial charge is 0.293 e. The Morgan fingerprint density at radius 1 is 1.45 bits per heavy atom. The molecule has 0 fully saturated rings. The van der Waals surface area contributed by atoms with Crippen LogP contribution in [0.15, 0.2) is 28.7 Å². The van der Waals surface area contributed by atoms with E-state index in [1.807, 2.05) is 6.07 Å². The van der Waals surface area contributed by atoms with Crippen LogP contribution >= 0.6 is 38.9 Å². The van der Waals surface area contributed by atoms with Crippen LogP contribution in [-0.4, -0.2) is 4.92 Å². The fourth-order valence-corrected chi connectivity index (χ4v) is 4.15. The van der Waals surface area contributed by atoms with Crippen molar-refractivity contribution in [3.05, 3.63) is 53.6 Å². The van der Waals surface area contributed by atoms with Crippen LogP contribution in [0.5, 0.6) is 0 Å². The van der Waals surface area contributed by atoms with Gasteiger partial charge in [0.2, 0.25) is 0 Å². The maximum absolute atomic E-state index is 11.1. The molecule has 0 saturated heterocycles. The number of nitrogens with one attached hydrogen (secondary N) is 1. The van der Waals surface area contributed by atoms with Crippen molar-refractivity contribution in [2.75, 3.05) is 5.32 Å². The van der Waals surface area contributed by atoms with E-state index in [4.69, 9.17) is 11.6 Å². The number of rotatable bonds is 3. The molecule has 1 aliphatic rings. The number of thiophene rings is 1. The highest BCUT2D eigenvalue weighted by atomic mass is 79.9. The first-order chi connectivity index (χ1) is 9.54. The average molecular weight is 374 g/mol. The number of hydrogen-bond donors (Lipinski definition) is 1. The van der Waals surface area contributed by atoms with Gasteiger partial charge in [-0.1, -0.05) is 27.5 Å². The lowest BCUT2D eigenvalue weighted by atomic mass is 10.1. The number of aryl methyl sites for hydroxylation is 1. The van der Waals surface area contributed by atoms with E-state index >= 15 is 0 Å². The average Bonchev–Trinajstić information content (AvgIpc) is 2.92. The molecule has 0 bridgehead atoms. The molecule has 1 atom stereocenters. The van der Waals surface area contributed by atoms with Crippen molar-refractivity contribution >= 4 is 50.2 Å². The Bertz CT molecular complexity index is 689. The van der Waals surface area contributed by atoms with Crippen LogP contribution in [0.25, 0.3) is 0 Å². The molecule has 0 spiro atoms. The molecule has 1 aromatic heterocycles. The van der Waals surface area contributed by atoms with E-state index in [1.165, 1.54) is 10.9 Å². The van der Waals surface area contributed by atoms with Crippen LogP contribution in [0, 0.1) is 10.1 Å². The largest absolute Gasteiger partial charge is 0.373 e. The quantitative estimate of drug-likeness (QED) is 0.596. The number of nitrogens with zero attached hydrogens (tertiary/aromatic N) is 1.